The van der Waals surface area contributed by atoms with Crippen molar-refractivity contribution < 1.29 is 4.79 Å². The van der Waals surface area contributed by atoms with Crippen molar-refractivity contribution in [3.63, 3.8) is 0 Å². The van der Waals surface area contributed by atoms with Crippen LogP contribution in [0.3, 0.4) is 0 Å². The number of rotatable bonds is 8. The van der Waals surface area contributed by atoms with E-state index >= 15 is 0 Å². The number of guanidine groups is 1. The first kappa shape index (κ1) is 19.4. The fourth-order valence-corrected chi connectivity index (χ4v) is 4.77. The number of likely N-dealkylation sites (tertiary alicyclic amines) is 1. The molecule has 5 nitrogen and oxygen atoms in total. The molecular formula is C18H34N4OS. The summed E-state index contributed by atoms with van der Waals surface area (Å²) in [6.07, 6.45) is 6.32. The van der Waals surface area contributed by atoms with Gasteiger partial charge in [-0.2, -0.15) is 11.8 Å². The predicted molar refractivity (Wildman–Crippen MR) is 104 cm³/mol. The van der Waals surface area contributed by atoms with Crippen LogP contribution in [0.1, 0.15) is 59.3 Å². The maximum atomic E-state index is 11.9. The average molecular weight is 355 g/mol. The molecule has 2 fully saturated rings. The Bertz CT molecular complexity index is 435. The summed E-state index contributed by atoms with van der Waals surface area (Å²) < 4.78 is 0.302. The molecule has 2 unspecified atom stereocenters. The topological polar surface area (TPSA) is 56.7 Å². The van der Waals surface area contributed by atoms with Gasteiger partial charge in [-0.3, -0.25) is 9.79 Å². The monoisotopic (exact) mass is 354 g/mol. The van der Waals surface area contributed by atoms with Crippen molar-refractivity contribution in [1.29, 1.82) is 0 Å². The number of nitrogens with zero attached hydrogens (tertiary/aromatic N) is 2. The summed E-state index contributed by atoms with van der Waals surface area (Å²) in [5.74, 6) is 2.50. The Labute approximate surface area is 151 Å². The summed E-state index contributed by atoms with van der Waals surface area (Å²) >= 11 is 2.05. The van der Waals surface area contributed by atoms with Crippen molar-refractivity contribution in [3.8, 4) is 0 Å². The van der Waals surface area contributed by atoms with Gasteiger partial charge in [0.1, 0.15) is 0 Å². The van der Waals surface area contributed by atoms with Crippen molar-refractivity contribution >= 4 is 23.6 Å². The largest absolute Gasteiger partial charge is 0.357 e. The number of carbonyl (C=O) groups excluding carboxylic acids is 1. The van der Waals surface area contributed by atoms with E-state index in [-0.39, 0.29) is 0 Å². The van der Waals surface area contributed by atoms with E-state index in [2.05, 4.69) is 36.3 Å². The second-order valence-corrected chi connectivity index (χ2v) is 8.75. The highest BCUT2D eigenvalue weighted by molar-refractivity contribution is 8.00. The zero-order valence-corrected chi connectivity index (χ0v) is 16.4. The molecule has 2 rings (SSSR count). The highest BCUT2D eigenvalue weighted by Gasteiger charge is 2.29. The summed E-state index contributed by atoms with van der Waals surface area (Å²) in [4.78, 5) is 18.8. The van der Waals surface area contributed by atoms with E-state index in [1.165, 1.54) is 18.6 Å². The smallest absolute Gasteiger partial charge is 0.222 e. The third kappa shape index (κ3) is 5.57. The van der Waals surface area contributed by atoms with Gasteiger partial charge in [0.15, 0.2) is 5.96 Å². The van der Waals surface area contributed by atoms with Gasteiger partial charge in [-0.05, 0) is 51.7 Å². The zero-order chi connectivity index (χ0) is 17.4. The van der Waals surface area contributed by atoms with Gasteiger partial charge in [-0.1, -0.05) is 6.92 Å². The number of carbonyl (C=O) groups is 1. The molecule has 2 aliphatic heterocycles. The SMILES string of the molecule is CCNC(=NCC1(C)CCCS1)NCCC(CC)N1CCCC1=O. The van der Waals surface area contributed by atoms with Gasteiger partial charge in [-0.25, -0.2) is 0 Å². The first-order valence-corrected chi connectivity index (χ1v) is 10.5. The van der Waals surface area contributed by atoms with Crippen LogP contribution in [0.5, 0.6) is 0 Å². The molecule has 24 heavy (non-hydrogen) atoms. The Balaban J connectivity index is 1.80. The molecule has 2 atom stereocenters. The normalized spacial score (nSPS) is 26.0. The minimum absolute atomic E-state index is 0.302. The molecule has 2 saturated heterocycles. The molecule has 2 aliphatic rings. The summed E-state index contributed by atoms with van der Waals surface area (Å²) in [7, 11) is 0. The Hall–Kier alpha value is -0.910. The van der Waals surface area contributed by atoms with E-state index < -0.39 is 0 Å². The van der Waals surface area contributed by atoms with Gasteiger partial charge in [0, 0.05) is 36.8 Å². The number of aliphatic imine (C=N–C) groups is 1. The highest BCUT2D eigenvalue weighted by Crippen LogP contribution is 2.37. The maximum Gasteiger partial charge on any atom is 0.222 e. The molecule has 0 bridgehead atoms. The molecule has 6 heteroatoms. The van der Waals surface area contributed by atoms with Crippen molar-refractivity contribution in [2.45, 2.75) is 70.1 Å². The van der Waals surface area contributed by atoms with Crippen LogP contribution in [0.2, 0.25) is 0 Å². The summed E-state index contributed by atoms with van der Waals surface area (Å²) in [6.45, 7) is 10.1. The Morgan fingerprint density at radius 3 is 2.79 bits per heavy atom. The molecule has 2 N–H and O–H groups in total. The molecule has 0 spiro atoms. The van der Waals surface area contributed by atoms with Crippen molar-refractivity contribution in [2.75, 3.05) is 31.9 Å². The number of amides is 1. The first-order chi connectivity index (χ1) is 11.6. The molecular weight excluding hydrogens is 320 g/mol. The second kappa shape index (κ2) is 9.54. The molecule has 138 valence electrons. The molecule has 2 heterocycles. The van der Waals surface area contributed by atoms with Crippen LogP contribution in [0.25, 0.3) is 0 Å². The van der Waals surface area contributed by atoms with Crippen LogP contribution >= 0.6 is 11.8 Å². The van der Waals surface area contributed by atoms with E-state index in [0.717, 1.165) is 57.8 Å². The summed E-state index contributed by atoms with van der Waals surface area (Å²) in [6, 6.07) is 0.360. The number of hydrogen-bond donors (Lipinski definition) is 2. The minimum atomic E-state index is 0.302. The zero-order valence-electron chi connectivity index (χ0n) is 15.6. The first-order valence-electron chi connectivity index (χ1n) is 9.53. The van der Waals surface area contributed by atoms with Gasteiger partial charge >= 0.3 is 0 Å². The van der Waals surface area contributed by atoms with E-state index in [0.29, 0.717) is 16.7 Å². The second-order valence-electron chi connectivity index (χ2n) is 7.07. The Morgan fingerprint density at radius 1 is 1.38 bits per heavy atom. The molecule has 0 aromatic heterocycles. The fourth-order valence-electron chi connectivity index (χ4n) is 3.54. The Kier molecular flexibility index (Phi) is 7.72. The lowest BCUT2D eigenvalue weighted by Gasteiger charge is -2.27. The minimum Gasteiger partial charge on any atom is -0.357 e. The lowest BCUT2D eigenvalue weighted by molar-refractivity contribution is -0.129. The van der Waals surface area contributed by atoms with Crippen LogP contribution in [0.4, 0.5) is 0 Å². The van der Waals surface area contributed by atoms with Gasteiger partial charge in [0.2, 0.25) is 5.91 Å². The van der Waals surface area contributed by atoms with E-state index in [4.69, 9.17) is 4.99 Å². The van der Waals surface area contributed by atoms with E-state index in [1.807, 2.05) is 11.8 Å². The summed E-state index contributed by atoms with van der Waals surface area (Å²) in [5, 5.41) is 6.80. The Morgan fingerprint density at radius 2 is 2.21 bits per heavy atom. The molecule has 0 aliphatic carbocycles. The lowest BCUT2D eigenvalue weighted by atomic mass is 10.1. The van der Waals surface area contributed by atoms with Crippen LogP contribution in [-0.2, 0) is 4.79 Å². The van der Waals surface area contributed by atoms with Gasteiger partial charge in [0.25, 0.3) is 0 Å². The van der Waals surface area contributed by atoms with Crippen LogP contribution in [0, 0.1) is 0 Å². The van der Waals surface area contributed by atoms with Crippen LogP contribution < -0.4 is 10.6 Å². The van der Waals surface area contributed by atoms with Crippen LogP contribution in [0.15, 0.2) is 4.99 Å². The molecule has 0 aromatic rings. The summed E-state index contributed by atoms with van der Waals surface area (Å²) in [5.41, 5.74) is 0. The quantitative estimate of drug-likeness (QED) is 0.520. The highest BCUT2D eigenvalue weighted by atomic mass is 32.2. The molecule has 0 saturated carbocycles. The van der Waals surface area contributed by atoms with Gasteiger partial charge < -0.3 is 15.5 Å². The maximum absolute atomic E-state index is 11.9. The van der Waals surface area contributed by atoms with Crippen molar-refractivity contribution in [1.82, 2.24) is 15.5 Å². The van der Waals surface area contributed by atoms with Gasteiger partial charge in [-0.15, -0.1) is 0 Å². The number of thioether (sulfide) groups is 1. The molecule has 0 radical (unpaired) electrons. The van der Waals surface area contributed by atoms with Crippen molar-refractivity contribution in [2.24, 2.45) is 4.99 Å². The van der Waals surface area contributed by atoms with E-state index in [9.17, 15) is 4.79 Å². The van der Waals surface area contributed by atoms with E-state index in [1.54, 1.807) is 0 Å². The predicted octanol–water partition coefficient (Wildman–Crippen LogP) is 2.62. The van der Waals surface area contributed by atoms with Crippen molar-refractivity contribution in [3.05, 3.63) is 0 Å². The fraction of sp³-hybridized carbons (Fsp3) is 0.889. The molecule has 0 aromatic carbocycles. The van der Waals surface area contributed by atoms with Gasteiger partial charge in [0.05, 0.1) is 6.54 Å². The third-order valence-electron chi connectivity index (χ3n) is 5.01. The standard InChI is InChI=1S/C18H34N4OS/c1-4-15(22-12-6-8-16(22)23)9-11-20-17(19-5-2)21-14-18(3)10-7-13-24-18/h15H,4-14H2,1-3H3,(H2,19,20,21). The molecule has 1 amide bonds. The lowest BCUT2D eigenvalue weighted by Crippen LogP contribution is -2.42. The average Bonchev–Trinajstić information content (AvgIpc) is 3.18. The number of hydrogen-bond acceptors (Lipinski definition) is 3. The third-order valence-corrected chi connectivity index (χ3v) is 6.53. The number of nitrogens with one attached hydrogen (secondary N) is 2. The van der Waals surface area contributed by atoms with Crippen LogP contribution in [-0.4, -0.2) is 59.5 Å².